The van der Waals surface area contributed by atoms with E-state index >= 15 is 0 Å². The Morgan fingerprint density at radius 3 is 2.26 bits per heavy atom. The van der Waals surface area contributed by atoms with Gasteiger partial charge in [0.1, 0.15) is 28.5 Å². The van der Waals surface area contributed by atoms with Crippen molar-refractivity contribution in [2.45, 2.75) is 26.2 Å². The van der Waals surface area contributed by atoms with Crippen molar-refractivity contribution in [3.63, 3.8) is 0 Å². The van der Waals surface area contributed by atoms with Gasteiger partial charge in [-0.05, 0) is 65.6 Å². The van der Waals surface area contributed by atoms with Gasteiger partial charge in [0.2, 0.25) is 6.33 Å². The molecule has 0 amide bonds. The molecule has 0 atom stereocenters. The fourth-order valence-electron chi connectivity index (χ4n) is 6.21. The van der Waals surface area contributed by atoms with E-state index in [0.717, 1.165) is 55.9 Å². The third-order valence-corrected chi connectivity index (χ3v) is 8.60. The van der Waals surface area contributed by atoms with Gasteiger partial charge in [-0.15, -0.1) is 0 Å². The van der Waals surface area contributed by atoms with Crippen molar-refractivity contribution in [1.29, 1.82) is 0 Å². The highest BCUT2D eigenvalue weighted by Crippen LogP contribution is 2.36. The number of ether oxygens (including phenoxy) is 1. The Labute approximate surface area is 273 Å². The van der Waals surface area contributed by atoms with E-state index in [1.165, 1.54) is 10.9 Å². The van der Waals surface area contributed by atoms with Crippen LogP contribution in [0.2, 0.25) is 0 Å². The quantitative estimate of drug-likeness (QED) is 0.146. The SMILES string of the molecule is Cn1[c-][n+](-c2cccc(Oc3ccc4c5ccccc5n(-c5cc(C(C)(C)C)ccn5)c4c3)c2)c2ccccc2oc2ccccc21. The molecular formula is C41H34N4O2. The zero-order chi connectivity index (χ0) is 32.1. The molecule has 8 aromatic rings. The largest absolute Gasteiger partial charge is 0.468 e. The van der Waals surface area contributed by atoms with Gasteiger partial charge in [-0.2, -0.15) is 0 Å². The van der Waals surface area contributed by atoms with Crippen molar-refractivity contribution in [3.05, 3.63) is 145 Å². The van der Waals surface area contributed by atoms with E-state index in [2.05, 4.69) is 80.2 Å². The molecule has 6 heteroatoms. The van der Waals surface area contributed by atoms with Gasteiger partial charge in [-0.25, -0.2) is 4.98 Å². The number of pyridine rings is 1. The zero-order valence-electron chi connectivity index (χ0n) is 26.8. The van der Waals surface area contributed by atoms with E-state index in [9.17, 15) is 0 Å². The summed E-state index contributed by atoms with van der Waals surface area (Å²) in [6.07, 6.45) is 5.44. The monoisotopic (exact) mass is 614 g/mol. The zero-order valence-corrected chi connectivity index (χ0v) is 26.8. The van der Waals surface area contributed by atoms with Crippen LogP contribution >= 0.6 is 0 Å². The fourth-order valence-corrected chi connectivity index (χ4v) is 6.21. The molecule has 0 aliphatic rings. The predicted molar refractivity (Wildman–Crippen MR) is 188 cm³/mol. The Balaban J connectivity index is 1.25. The summed E-state index contributed by atoms with van der Waals surface area (Å²) in [6, 6.07) is 43.1. The predicted octanol–water partition coefficient (Wildman–Crippen LogP) is 9.71. The first-order chi connectivity index (χ1) is 22.8. The number of hydrogen-bond acceptors (Lipinski definition) is 3. The molecule has 0 N–H and O–H groups in total. The first-order valence-corrected chi connectivity index (χ1v) is 15.8. The molecule has 230 valence electrons. The van der Waals surface area contributed by atoms with Crippen LogP contribution in [0.25, 0.3) is 55.5 Å². The molecule has 0 aliphatic carbocycles. The number of para-hydroxylation sites is 5. The smallest absolute Gasteiger partial charge is 0.245 e. The van der Waals surface area contributed by atoms with E-state index in [1.807, 2.05) is 101 Å². The summed E-state index contributed by atoms with van der Waals surface area (Å²) < 4.78 is 19.2. The molecule has 5 aromatic carbocycles. The van der Waals surface area contributed by atoms with Crippen LogP contribution in [-0.2, 0) is 12.5 Å². The number of hydrogen-bond donors (Lipinski definition) is 0. The Morgan fingerprint density at radius 2 is 1.40 bits per heavy atom. The molecule has 0 fully saturated rings. The standard InChI is InChI=1S/C41H34N4O2/c1-41(2,3)28-22-23-42-40(24-28)45-34-15-6-5-14-32(34)33-21-20-31(26-37(33)45)46-30-13-11-12-29(25-30)44-27-43(4)35-16-7-9-18-38(35)47-39-19-10-8-17-36(39)44/h5-26H,1-4H3. The minimum atomic E-state index is 0.00191. The average Bonchev–Trinajstić information content (AvgIpc) is 3.40. The summed E-state index contributed by atoms with van der Waals surface area (Å²) in [6.45, 7) is 6.68. The molecule has 0 saturated heterocycles. The van der Waals surface area contributed by atoms with Gasteiger partial charge in [0, 0.05) is 23.0 Å². The summed E-state index contributed by atoms with van der Waals surface area (Å²) in [5, 5.41) is 2.32. The highest BCUT2D eigenvalue weighted by molar-refractivity contribution is 6.09. The van der Waals surface area contributed by atoms with Crippen molar-refractivity contribution >= 4 is 44.0 Å². The normalized spacial score (nSPS) is 11.8. The molecular weight excluding hydrogens is 580 g/mol. The molecule has 0 radical (unpaired) electrons. The van der Waals surface area contributed by atoms with Crippen LogP contribution < -0.4 is 9.30 Å². The minimum absolute atomic E-state index is 0.00191. The molecule has 0 bridgehead atoms. The Bertz CT molecular complexity index is 2510. The molecule has 0 unspecified atom stereocenters. The fraction of sp³-hybridized carbons (Fsp3) is 0.122. The Morgan fingerprint density at radius 1 is 0.681 bits per heavy atom. The molecule has 8 rings (SSSR count). The third kappa shape index (κ3) is 5.18. The summed E-state index contributed by atoms with van der Waals surface area (Å²) in [5.41, 5.74) is 7.59. The summed E-state index contributed by atoms with van der Waals surface area (Å²) >= 11 is 0. The number of benzene rings is 5. The lowest BCUT2D eigenvalue weighted by atomic mass is 9.88. The highest BCUT2D eigenvalue weighted by Gasteiger charge is 2.18. The molecule has 0 saturated carbocycles. The average molecular weight is 615 g/mol. The first kappa shape index (κ1) is 28.6. The van der Waals surface area contributed by atoms with Crippen molar-refractivity contribution < 1.29 is 13.7 Å². The van der Waals surface area contributed by atoms with Gasteiger partial charge in [-0.3, -0.25) is 4.57 Å². The first-order valence-electron chi connectivity index (χ1n) is 15.8. The summed E-state index contributed by atoms with van der Waals surface area (Å²) in [4.78, 5) is 4.82. The summed E-state index contributed by atoms with van der Waals surface area (Å²) in [5.74, 6) is 2.33. The van der Waals surface area contributed by atoms with Gasteiger partial charge < -0.3 is 18.3 Å². The van der Waals surface area contributed by atoms with Crippen LogP contribution in [0.1, 0.15) is 26.3 Å². The second-order valence-corrected chi connectivity index (χ2v) is 12.8. The number of aromatic nitrogens is 4. The Kier molecular flexibility index (Phi) is 6.80. The molecule has 47 heavy (non-hydrogen) atoms. The minimum Gasteiger partial charge on any atom is -0.468 e. The molecule has 3 heterocycles. The lowest BCUT2D eigenvalue weighted by molar-refractivity contribution is -0.576. The van der Waals surface area contributed by atoms with Crippen LogP contribution in [0.5, 0.6) is 11.5 Å². The van der Waals surface area contributed by atoms with Crippen molar-refractivity contribution in [3.8, 4) is 23.0 Å². The van der Waals surface area contributed by atoms with Gasteiger partial charge in [-0.1, -0.05) is 87.5 Å². The topological polar surface area (TPSA) is 49.0 Å². The molecule has 6 nitrogen and oxygen atoms in total. The van der Waals surface area contributed by atoms with Gasteiger partial charge in [0.05, 0.1) is 34.8 Å². The van der Waals surface area contributed by atoms with Gasteiger partial charge in [0.15, 0.2) is 0 Å². The van der Waals surface area contributed by atoms with Gasteiger partial charge in [0.25, 0.3) is 0 Å². The van der Waals surface area contributed by atoms with E-state index in [0.29, 0.717) is 5.75 Å². The van der Waals surface area contributed by atoms with E-state index < -0.39 is 0 Å². The van der Waals surface area contributed by atoms with Crippen LogP contribution in [0, 0.1) is 6.33 Å². The lowest BCUT2D eigenvalue weighted by Crippen LogP contribution is -2.33. The number of nitrogens with zero attached hydrogens (tertiary/aromatic N) is 4. The Hall–Kier alpha value is -5.88. The number of aryl methyl sites for hydroxylation is 1. The van der Waals surface area contributed by atoms with Crippen LogP contribution in [0.3, 0.4) is 0 Å². The maximum atomic E-state index is 6.58. The van der Waals surface area contributed by atoms with Crippen molar-refractivity contribution in [2.75, 3.05) is 0 Å². The van der Waals surface area contributed by atoms with Crippen molar-refractivity contribution in [2.24, 2.45) is 7.05 Å². The molecule has 3 aromatic heterocycles. The van der Waals surface area contributed by atoms with E-state index in [1.54, 1.807) is 0 Å². The van der Waals surface area contributed by atoms with Crippen molar-refractivity contribution in [1.82, 2.24) is 14.1 Å². The number of rotatable bonds is 4. The maximum absolute atomic E-state index is 6.58. The van der Waals surface area contributed by atoms with Gasteiger partial charge >= 0.3 is 0 Å². The van der Waals surface area contributed by atoms with Crippen LogP contribution in [0.4, 0.5) is 0 Å². The summed E-state index contributed by atoms with van der Waals surface area (Å²) in [7, 11) is 1.98. The lowest BCUT2D eigenvalue weighted by Gasteiger charge is -2.20. The second-order valence-electron chi connectivity index (χ2n) is 12.8. The highest BCUT2D eigenvalue weighted by atomic mass is 16.5. The maximum Gasteiger partial charge on any atom is 0.245 e. The second kappa shape index (κ2) is 11.2. The third-order valence-electron chi connectivity index (χ3n) is 8.60. The van der Waals surface area contributed by atoms with Crippen LogP contribution in [-0.4, -0.2) is 14.1 Å². The number of fused-ring (bicyclic) bond motifs is 5. The molecule has 0 spiro atoms. The molecule has 0 aliphatic heterocycles. The van der Waals surface area contributed by atoms with E-state index in [-0.39, 0.29) is 5.41 Å². The van der Waals surface area contributed by atoms with E-state index in [4.69, 9.17) is 14.1 Å². The van der Waals surface area contributed by atoms with Crippen LogP contribution in [0.15, 0.2) is 138 Å².